The van der Waals surface area contributed by atoms with Gasteiger partial charge in [-0.05, 0) is 70.2 Å². The van der Waals surface area contributed by atoms with Crippen molar-refractivity contribution in [2.75, 3.05) is 7.11 Å². The summed E-state index contributed by atoms with van der Waals surface area (Å²) in [5.74, 6) is 1.92. The summed E-state index contributed by atoms with van der Waals surface area (Å²) in [5.41, 5.74) is 1.82. The van der Waals surface area contributed by atoms with Crippen LogP contribution in [0.3, 0.4) is 0 Å². The van der Waals surface area contributed by atoms with Crippen molar-refractivity contribution in [3.05, 3.63) is 83.9 Å². The van der Waals surface area contributed by atoms with Crippen LogP contribution in [-0.4, -0.2) is 30.1 Å². The average Bonchev–Trinajstić information content (AvgIpc) is 3.70. The average molecular weight is 479 g/mol. The second-order valence-corrected chi connectivity index (χ2v) is 10.2. The molecule has 5 aliphatic rings. The van der Waals surface area contributed by atoms with E-state index in [2.05, 4.69) is 41.5 Å². The minimum absolute atomic E-state index is 0.159. The molecule has 1 aliphatic heterocycles. The van der Waals surface area contributed by atoms with Gasteiger partial charge in [-0.2, -0.15) is 10.1 Å². The largest absolute Gasteiger partial charge is 0.493 e. The molecule has 2 saturated carbocycles. The number of amides is 2. The molecule has 2 bridgehead atoms. The maximum absolute atomic E-state index is 13.1. The smallest absolute Gasteiger partial charge is 0.254 e. The number of hydrogen-bond acceptors (Lipinski definition) is 5. The molecule has 0 aromatic heterocycles. The predicted octanol–water partition coefficient (Wildman–Crippen LogP) is 4.81. The van der Waals surface area contributed by atoms with Gasteiger partial charge in [0.1, 0.15) is 6.61 Å². The second kappa shape index (κ2) is 8.05. The molecule has 1 heterocycles. The van der Waals surface area contributed by atoms with Crippen LogP contribution in [0.4, 0.5) is 0 Å². The highest BCUT2D eigenvalue weighted by Gasteiger charge is 2.67. The van der Waals surface area contributed by atoms with Crippen molar-refractivity contribution in [3.63, 3.8) is 0 Å². The Kier molecular flexibility index (Phi) is 4.78. The van der Waals surface area contributed by atoms with Crippen molar-refractivity contribution in [1.82, 2.24) is 5.01 Å². The summed E-state index contributed by atoms with van der Waals surface area (Å²) in [6.45, 7) is 0.406. The van der Waals surface area contributed by atoms with E-state index in [1.165, 1.54) is 5.39 Å². The van der Waals surface area contributed by atoms with Gasteiger partial charge in [0.2, 0.25) is 0 Å². The number of rotatable bonds is 6. The summed E-state index contributed by atoms with van der Waals surface area (Å²) in [4.78, 5) is 26.3. The van der Waals surface area contributed by atoms with Gasteiger partial charge in [-0.25, -0.2) is 0 Å². The molecular weight excluding hydrogens is 452 g/mol. The van der Waals surface area contributed by atoms with E-state index in [1.807, 2.05) is 30.3 Å². The molecule has 3 aromatic carbocycles. The molecule has 0 radical (unpaired) electrons. The minimum Gasteiger partial charge on any atom is -0.493 e. The summed E-state index contributed by atoms with van der Waals surface area (Å²) in [6.07, 6.45) is 7.04. The van der Waals surface area contributed by atoms with Gasteiger partial charge >= 0.3 is 0 Å². The van der Waals surface area contributed by atoms with Gasteiger partial charge in [-0.3, -0.25) is 9.59 Å². The summed E-state index contributed by atoms with van der Waals surface area (Å²) in [6, 6.07) is 19.9. The van der Waals surface area contributed by atoms with Crippen LogP contribution in [0.2, 0.25) is 0 Å². The van der Waals surface area contributed by atoms with Crippen LogP contribution in [0.15, 0.2) is 77.9 Å². The fraction of sp³-hybridized carbons (Fsp3) is 0.300. The van der Waals surface area contributed by atoms with E-state index in [9.17, 15) is 9.59 Å². The summed E-state index contributed by atoms with van der Waals surface area (Å²) in [7, 11) is 1.59. The molecule has 3 aromatic rings. The van der Waals surface area contributed by atoms with Gasteiger partial charge in [0, 0.05) is 0 Å². The summed E-state index contributed by atoms with van der Waals surface area (Å²) >= 11 is 0. The quantitative estimate of drug-likeness (QED) is 0.290. The first-order chi connectivity index (χ1) is 17.6. The van der Waals surface area contributed by atoms with Crippen molar-refractivity contribution >= 4 is 28.8 Å². The topological polar surface area (TPSA) is 68.2 Å². The molecule has 36 heavy (non-hydrogen) atoms. The number of methoxy groups -OCH3 is 1. The molecule has 3 fully saturated rings. The third-order valence-electron chi connectivity index (χ3n) is 8.41. The molecule has 8 rings (SSSR count). The van der Waals surface area contributed by atoms with E-state index in [0.717, 1.165) is 27.9 Å². The molecule has 180 valence electrons. The molecule has 0 spiro atoms. The Morgan fingerprint density at radius 2 is 1.64 bits per heavy atom. The zero-order valence-corrected chi connectivity index (χ0v) is 19.9. The number of allylic oxidation sites excluding steroid dienone is 2. The Hall–Kier alpha value is -3.93. The van der Waals surface area contributed by atoms with Crippen LogP contribution in [0.1, 0.15) is 17.5 Å². The van der Waals surface area contributed by atoms with Gasteiger partial charge in [-0.1, -0.05) is 54.6 Å². The molecule has 1 saturated heterocycles. The number of benzene rings is 3. The third kappa shape index (κ3) is 3.20. The first-order valence-electron chi connectivity index (χ1n) is 12.5. The lowest BCUT2D eigenvalue weighted by atomic mass is 9.63. The first kappa shape index (κ1) is 21.4. The minimum atomic E-state index is -0.243. The van der Waals surface area contributed by atoms with Crippen LogP contribution < -0.4 is 9.47 Å². The normalized spacial score (nSPS) is 29.6. The molecule has 2 amide bonds. The van der Waals surface area contributed by atoms with E-state index in [1.54, 1.807) is 19.4 Å². The number of carbonyl (C=O) groups excluding carboxylic acids is 2. The number of hydrazone groups is 1. The van der Waals surface area contributed by atoms with E-state index in [0.29, 0.717) is 29.9 Å². The number of ether oxygens (including phenoxy) is 2. The van der Waals surface area contributed by atoms with Crippen molar-refractivity contribution in [2.24, 2.45) is 40.6 Å². The van der Waals surface area contributed by atoms with Gasteiger partial charge in [0.25, 0.3) is 11.8 Å². The molecule has 6 heteroatoms. The number of fused-ring (bicyclic) bond motifs is 1. The molecule has 0 N–H and O–H groups in total. The maximum Gasteiger partial charge on any atom is 0.254 e. The number of carbonyl (C=O) groups is 2. The van der Waals surface area contributed by atoms with E-state index < -0.39 is 0 Å². The lowest BCUT2D eigenvalue weighted by Crippen LogP contribution is -2.40. The predicted molar refractivity (Wildman–Crippen MR) is 135 cm³/mol. The van der Waals surface area contributed by atoms with Crippen molar-refractivity contribution < 1.29 is 19.1 Å². The van der Waals surface area contributed by atoms with E-state index in [-0.39, 0.29) is 35.5 Å². The van der Waals surface area contributed by atoms with E-state index >= 15 is 0 Å². The standard InChI is InChI=1S/C30H26N2O4/c1-35-26-13-17(9-12-25(26)36-16-19-7-4-6-18-5-2-3-8-20(18)19)15-31-32-29(33)27-21-10-11-22(24-14-23(21)24)28(27)30(32)34/h2-13,15,21-24,27-28H,14,16H2,1H3/t21-,22-,23-,24+,27-,28+/m0/s1. The van der Waals surface area contributed by atoms with Gasteiger partial charge in [-0.15, -0.1) is 0 Å². The number of nitrogens with zero attached hydrogens (tertiary/aromatic N) is 2. The molecule has 6 nitrogen and oxygen atoms in total. The molecule has 4 aliphatic carbocycles. The van der Waals surface area contributed by atoms with Crippen molar-refractivity contribution in [2.45, 2.75) is 13.0 Å². The van der Waals surface area contributed by atoms with Crippen molar-refractivity contribution in [3.8, 4) is 11.5 Å². The Labute approximate surface area is 209 Å². The maximum atomic E-state index is 13.1. The van der Waals surface area contributed by atoms with Gasteiger partial charge < -0.3 is 9.47 Å². The Bertz CT molecular complexity index is 1420. The Morgan fingerprint density at radius 1 is 0.917 bits per heavy atom. The van der Waals surface area contributed by atoms with Crippen LogP contribution in [0.25, 0.3) is 10.8 Å². The van der Waals surface area contributed by atoms with Gasteiger partial charge in [0.05, 0.1) is 25.2 Å². The number of hydrogen-bond donors (Lipinski definition) is 0. The van der Waals surface area contributed by atoms with Crippen LogP contribution in [-0.2, 0) is 16.2 Å². The van der Waals surface area contributed by atoms with Crippen LogP contribution >= 0.6 is 0 Å². The highest BCUT2D eigenvalue weighted by Crippen LogP contribution is 2.65. The fourth-order valence-electron chi connectivity index (χ4n) is 6.64. The zero-order chi connectivity index (χ0) is 24.4. The third-order valence-corrected chi connectivity index (χ3v) is 8.41. The molecule has 0 unspecified atom stereocenters. The highest BCUT2D eigenvalue weighted by atomic mass is 16.5. The first-order valence-corrected chi connectivity index (χ1v) is 12.5. The molecule has 6 atom stereocenters. The van der Waals surface area contributed by atoms with Crippen LogP contribution in [0, 0.1) is 35.5 Å². The van der Waals surface area contributed by atoms with Crippen molar-refractivity contribution in [1.29, 1.82) is 0 Å². The van der Waals surface area contributed by atoms with Gasteiger partial charge in [0.15, 0.2) is 11.5 Å². The van der Waals surface area contributed by atoms with Crippen LogP contribution in [0.5, 0.6) is 11.5 Å². The summed E-state index contributed by atoms with van der Waals surface area (Å²) in [5, 5.41) is 7.76. The lowest BCUT2D eigenvalue weighted by molar-refractivity contribution is -0.140. The molecular formula is C30H26N2O4. The SMILES string of the molecule is COc1cc(C=NN2C(=O)[C@@H]3[C@H]4C=C[C@@H]([C@@H]5C[C@H]45)[C@@H]3C2=O)ccc1OCc1cccc2ccccc12. The summed E-state index contributed by atoms with van der Waals surface area (Å²) < 4.78 is 11.7. The second-order valence-electron chi connectivity index (χ2n) is 10.2. The van der Waals surface area contributed by atoms with E-state index in [4.69, 9.17) is 9.47 Å². The Balaban J connectivity index is 1.08. The Morgan fingerprint density at radius 3 is 2.39 bits per heavy atom. The highest BCUT2D eigenvalue weighted by molar-refractivity contribution is 6.06. The monoisotopic (exact) mass is 478 g/mol. The fourth-order valence-corrected chi connectivity index (χ4v) is 6.64. The lowest BCUT2D eigenvalue weighted by Gasteiger charge is -2.37. The number of imide groups is 1. The zero-order valence-electron chi connectivity index (χ0n) is 19.9.